The number of benzene rings is 2. The monoisotopic (exact) mass is 365 g/mol. The molecule has 2 N–H and O–H groups in total. The first-order valence-corrected chi connectivity index (χ1v) is 8.86. The van der Waals surface area contributed by atoms with Crippen molar-refractivity contribution in [1.82, 2.24) is 0 Å². The highest BCUT2D eigenvalue weighted by atomic mass is 35.5. The van der Waals surface area contributed by atoms with Crippen molar-refractivity contribution < 1.29 is 18.7 Å². The van der Waals surface area contributed by atoms with Crippen molar-refractivity contribution in [1.29, 1.82) is 0 Å². The van der Waals surface area contributed by atoms with Gasteiger partial charge in [0.15, 0.2) is 0 Å². The van der Waals surface area contributed by atoms with Crippen LogP contribution in [-0.2, 0) is 35.3 Å². The van der Waals surface area contributed by atoms with Gasteiger partial charge in [-0.1, -0.05) is 29.8 Å². The molecule has 2 aromatic rings. The average Bonchev–Trinajstić information content (AvgIpc) is 2.91. The summed E-state index contributed by atoms with van der Waals surface area (Å²) in [7, 11) is 0. The molecule has 5 nitrogen and oxygen atoms in total. The fraction of sp³-hybridized carbons (Fsp3) is 0.235. The topological polar surface area (TPSA) is 77.8 Å². The summed E-state index contributed by atoms with van der Waals surface area (Å²) in [6.45, 7) is 0. The number of hydrogen-bond acceptors (Lipinski definition) is 2. The summed E-state index contributed by atoms with van der Waals surface area (Å²) >= 11 is 3.73. The maximum Gasteiger partial charge on any atom is 0.307 e. The van der Waals surface area contributed by atoms with E-state index >= 15 is 0 Å². The molecule has 0 saturated carbocycles. The van der Waals surface area contributed by atoms with Gasteiger partial charge in [0.2, 0.25) is 0 Å². The molecule has 1 aliphatic rings. The second kappa shape index (κ2) is 6.93. The Balaban J connectivity index is 1.85. The number of hydrogen-bond donors (Lipinski definition) is 2. The molecular formula is C17H16ClNO4S. The smallest absolute Gasteiger partial charge is 0.307 e. The Morgan fingerprint density at radius 1 is 1.17 bits per heavy atom. The SMILES string of the molecule is O=C(O)Cc1ccc2c(c1)CC(N(c1ccc(Cl)cc1)S(=O)O)C2. The minimum Gasteiger partial charge on any atom is -0.481 e. The zero-order valence-corrected chi connectivity index (χ0v) is 14.3. The van der Waals surface area contributed by atoms with Crippen molar-refractivity contribution in [3.63, 3.8) is 0 Å². The molecule has 0 saturated heterocycles. The van der Waals surface area contributed by atoms with E-state index in [-0.39, 0.29) is 12.5 Å². The Kier molecular flexibility index (Phi) is 4.89. The van der Waals surface area contributed by atoms with E-state index in [1.54, 1.807) is 30.3 Å². The first-order valence-electron chi connectivity index (χ1n) is 7.42. The first kappa shape index (κ1) is 17.0. The number of fused-ring (bicyclic) bond motifs is 1. The molecule has 0 bridgehead atoms. The van der Waals surface area contributed by atoms with Crippen molar-refractivity contribution in [2.24, 2.45) is 0 Å². The van der Waals surface area contributed by atoms with Crippen molar-refractivity contribution in [3.05, 3.63) is 64.2 Å². The lowest BCUT2D eigenvalue weighted by Crippen LogP contribution is -2.37. The Morgan fingerprint density at radius 3 is 2.46 bits per heavy atom. The van der Waals surface area contributed by atoms with E-state index < -0.39 is 17.2 Å². The van der Waals surface area contributed by atoms with Crippen molar-refractivity contribution >= 4 is 34.5 Å². The Hall–Kier alpha value is -1.89. The third kappa shape index (κ3) is 3.61. The molecular weight excluding hydrogens is 350 g/mol. The van der Waals surface area contributed by atoms with E-state index in [1.807, 2.05) is 12.1 Å². The van der Waals surface area contributed by atoms with Gasteiger partial charge in [0.1, 0.15) is 0 Å². The molecule has 126 valence electrons. The minimum absolute atomic E-state index is 0.0230. The van der Waals surface area contributed by atoms with Crippen LogP contribution in [0.25, 0.3) is 0 Å². The van der Waals surface area contributed by atoms with Crippen LogP contribution in [0, 0.1) is 0 Å². The maximum atomic E-state index is 11.9. The molecule has 0 aromatic heterocycles. The van der Waals surface area contributed by atoms with E-state index in [2.05, 4.69) is 0 Å². The number of carbonyl (C=O) groups is 1. The Bertz CT molecular complexity index is 794. The lowest BCUT2D eigenvalue weighted by molar-refractivity contribution is -0.136. The highest BCUT2D eigenvalue weighted by Crippen LogP contribution is 2.31. The van der Waals surface area contributed by atoms with Crippen LogP contribution in [0.3, 0.4) is 0 Å². The summed E-state index contributed by atoms with van der Waals surface area (Å²) in [5.74, 6) is -0.872. The summed E-state index contributed by atoms with van der Waals surface area (Å²) in [6.07, 6.45) is 1.21. The van der Waals surface area contributed by atoms with Gasteiger partial charge < -0.3 is 5.11 Å². The van der Waals surface area contributed by atoms with Crippen LogP contribution in [0.15, 0.2) is 42.5 Å². The molecule has 2 unspecified atom stereocenters. The quantitative estimate of drug-likeness (QED) is 0.798. The first-order chi connectivity index (χ1) is 11.4. The van der Waals surface area contributed by atoms with Crippen molar-refractivity contribution in [2.45, 2.75) is 25.3 Å². The second-order valence-electron chi connectivity index (χ2n) is 5.77. The molecule has 7 heteroatoms. The molecule has 2 atom stereocenters. The third-order valence-electron chi connectivity index (χ3n) is 4.12. The zero-order chi connectivity index (χ0) is 17.3. The van der Waals surface area contributed by atoms with Gasteiger partial charge in [-0.25, -0.2) is 4.21 Å². The van der Waals surface area contributed by atoms with Crippen LogP contribution >= 0.6 is 11.6 Å². The van der Waals surface area contributed by atoms with Crippen molar-refractivity contribution in [3.8, 4) is 0 Å². The van der Waals surface area contributed by atoms with Gasteiger partial charge in [-0.2, -0.15) is 0 Å². The average molecular weight is 366 g/mol. The number of carboxylic acids is 1. The van der Waals surface area contributed by atoms with Crippen LogP contribution in [0.4, 0.5) is 5.69 Å². The fourth-order valence-electron chi connectivity index (χ4n) is 3.12. The summed E-state index contributed by atoms with van der Waals surface area (Å²) in [6, 6.07) is 12.2. The molecule has 24 heavy (non-hydrogen) atoms. The van der Waals surface area contributed by atoms with E-state index in [1.165, 1.54) is 4.31 Å². The van der Waals surface area contributed by atoms with Gasteiger partial charge in [-0.05, 0) is 53.8 Å². The summed E-state index contributed by atoms with van der Waals surface area (Å²) < 4.78 is 23.1. The van der Waals surface area contributed by atoms with Crippen LogP contribution in [0.1, 0.15) is 16.7 Å². The largest absolute Gasteiger partial charge is 0.481 e. The summed E-state index contributed by atoms with van der Waals surface area (Å²) in [4.78, 5) is 10.9. The second-order valence-corrected chi connectivity index (χ2v) is 7.06. The zero-order valence-electron chi connectivity index (χ0n) is 12.7. The molecule has 0 amide bonds. The van der Waals surface area contributed by atoms with E-state index in [9.17, 15) is 13.6 Å². The number of halogens is 1. The molecule has 0 heterocycles. The lowest BCUT2D eigenvalue weighted by Gasteiger charge is -2.26. The van der Waals surface area contributed by atoms with Crippen LogP contribution < -0.4 is 4.31 Å². The van der Waals surface area contributed by atoms with Gasteiger partial charge in [0.05, 0.1) is 18.2 Å². The maximum absolute atomic E-state index is 11.9. The third-order valence-corrected chi connectivity index (χ3v) is 5.22. The molecule has 0 aliphatic heterocycles. The van der Waals surface area contributed by atoms with E-state index in [4.69, 9.17) is 16.7 Å². The summed E-state index contributed by atoms with van der Waals surface area (Å²) in [5.41, 5.74) is 3.48. The molecule has 2 aromatic carbocycles. The molecule has 0 radical (unpaired) electrons. The number of carboxylic acid groups (broad SMARTS) is 1. The lowest BCUT2D eigenvalue weighted by atomic mass is 10.0. The van der Waals surface area contributed by atoms with Gasteiger partial charge in [0.25, 0.3) is 11.3 Å². The van der Waals surface area contributed by atoms with Crippen molar-refractivity contribution in [2.75, 3.05) is 4.31 Å². The molecule has 0 spiro atoms. The highest BCUT2D eigenvalue weighted by molar-refractivity contribution is 7.80. The minimum atomic E-state index is -2.16. The predicted molar refractivity (Wildman–Crippen MR) is 93.7 cm³/mol. The summed E-state index contributed by atoms with van der Waals surface area (Å²) in [5, 5.41) is 9.47. The Morgan fingerprint density at radius 2 is 1.83 bits per heavy atom. The van der Waals surface area contributed by atoms with Gasteiger partial charge >= 0.3 is 5.97 Å². The molecule has 1 aliphatic carbocycles. The number of nitrogens with zero attached hydrogens (tertiary/aromatic N) is 1. The fourth-order valence-corrected chi connectivity index (χ4v) is 3.95. The number of aliphatic carboxylic acids is 1. The van der Waals surface area contributed by atoms with Gasteiger partial charge in [-0.15, -0.1) is 0 Å². The van der Waals surface area contributed by atoms with Crippen LogP contribution in [0.2, 0.25) is 5.02 Å². The van der Waals surface area contributed by atoms with Gasteiger partial charge in [-0.3, -0.25) is 13.7 Å². The number of rotatable bonds is 5. The molecule has 3 rings (SSSR count). The number of anilines is 1. The van der Waals surface area contributed by atoms with E-state index in [0.717, 1.165) is 16.7 Å². The van der Waals surface area contributed by atoms with Gasteiger partial charge in [0, 0.05) is 5.02 Å². The predicted octanol–water partition coefficient (Wildman–Crippen LogP) is 3.08. The van der Waals surface area contributed by atoms with E-state index in [0.29, 0.717) is 23.6 Å². The van der Waals surface area contributed by atoms with Crippen LogP contribution in [0.5, 0.6) is 0 Å². The highest BCUT2D eigenvalue weighted by Gasteiger charge is 2.30. The van der Waals surface area contributed by atoms with Crippen LogP contribution in [-0.4, -0.2) is 25.9 Å². The Labute approximate surface area is 147 Å². The molecule has 0 fully saturated rings. The standard InChI is InChI=1S/C17H16ClNO4S/c18-14-3-5-15(6-4-14)19(24(22)23)16-9-12-2-1-11(8-17(20)21)7-13(12)10-16/h1-7,16H,8-10H2,(H,20,21)(H,22,23). The normalized spacial score (nSPS) is 17.3.